The largest absolute Gasteiger partial charge is 0.497 e. The molecule has 0 spiro atoms. The second-order valence-electron chi connectivity index (χ2n) is 5.12. The van der Waals surface area contributed by atoms with Crippen molar-refractivity contribution in [3.05, 3.63) is 59.3 Å². The Labute approximate surface area is 131 Å². The fraction of sp³-hybridized carbons (Fsp3) is 0.118. The van der Waals surface area contributed by atoms with Crippen LogP contribution in [0.15, 0.2) is 36.4 Å². The topological polar surface area (TPSA) is 54.1 Å². The van der Waals surface area contributed by atoms with Crippen LogP contribution >= 0.6 is 0 Å². The summed E-state index contributed by atoms with van der Waals surface area (Å²) in [6, 6.07) is 8.66. The summed E-state index contributed by atoms with van der Waals surface area (Å²) in [5, 5.41) is 3.44. The molecule has 0 unspecified atom stereocenters. The van der Waals surface area contributed by atoms with E-state index in [9.17, 15) is 13.6 Å². The normalized spacial score (nSPS) is 10.8. The number of fused-ring (bicyclic) bond motifs is 1. The second-order valence-corrected chi connectivity index (χ2v) is 5.12. The summed E-state index contributed by atoms with van der Waals surface area (Å²) >= 11 is 0. The molecule has 0 bridgehead atoms. The lowest BCUT2D eigenvalue weighted by molar-refractivity contribution is 0.102. The molecule has 6 heteroatoms. The number of halogens is 2. The number of aromatic amines is 1. The van der Waals surface area contributed by atoms with Crippen molar-refractivity contribution in [2.45, 2.75) is 6.92 Å². The van der Waals surface area contributed by atoms with E-state index >= 15 is 0 Å². The molecule has 2 aromatic carbocycles. The highest BCUT2D eigenvalue weighted by Crippen LogP contribution is 2.26. The minimum Gasteiger partial charge on any atom is -0.497 e. The molecule has 0 aliphatic heterocycles. The van der Waals surface area contributed by atoms with Crippen LogP contribution in [0.5, 0.6) is 5.75 Å². The van der Waals surface area contributed by atoms with Crippen LogP contribution in [0.4, 0.5) is 14.5 Å². The number of methoxy groups -OCH3 is 1. The SMILES string of the molecule is COc1ccc2c(C)c(C(=O)Nc3ccc(F)c(F)c3)[nH]c2c1. The van der Waals surface area contributed by atoms with Gasteiger partial charge in [-0.1, -0.05) is 0 Å². The van der Waals surface area contributed by atoms with Crippen LogP contribution in [0.1, 0.15) is 16.1 Å². The van der Waals surface area contributed by atoms with E-state index in [-0.39, 0.29) is 5.69 Å². The summed E-state index contributed by atoms with van der Waals surface area (Å²) in [5.74, 6) is -1.73. The maximum absolute atomic E-state index is 13.2. The average molecular weight is 316 g/mol. The van der Waals surface area contributed by atoms with Gasteiger partial charge >= 0.3 is 0 Å². The lowest BCUT2D eigenvalue weighted by atomic mass is 10.1. The van der Waals surface area contributed by atoms with Gasteiger partial charge in [-0.2, -0.15) is 0 Å². The number of hydrogen-bond acceptors (Lipinski definition) is 2. The van der Waals surface area contributed by atoms with Gasteiger partial charge in [-0.15, -0.1) is 0 Å². The number of H-pyrrole nitrogens is 1. The summed E-state index contributed by atoms with van der Waals surface area (Å²) < 4.78 is 31.3. The van der Waals surface area contributed by atoms with Crippen molar-refractivity contribution >= 4 is 22.5 Å². The fourth-order valence-electron chi connectivity index (χ4n) is 2.44. The number of hydrogen-bond donors (Lipinski definition) is 2. The predicted octanol–water partition coefficient (Wildman–Crippen LogP) is 4.02. The predicted molar refractivity (Wildman–Crippen MR) is 83.9 cm³/mol. The summed E-state index contributed by atoms with van der Waals surface area (Å²) in [4.78, 5) is 15.4. The number of rotatable bonds is 3. The van der Waals surface area contributed by atoms with Gasteiger partial charge in [0.2, 0.25) is 0 Å². The third-order valence-corrected chi connectivity index (χ3v) is 3.67. The first-order chi connectivity index (χ1) is 11.0. The molecule has 3 aromatic rings. The van der Waals surface area contributed by atoms with E-state index in [1.165, 1.54) is 6.07 Å². The van der Waals surface area contributed by atoms with Gasteiger partial charge < -0.3 is 15.0 Å². The van der Waals surface area contributed by atoms with E-state index in [2.05, 4.69) is 10.3 Å². The van der Waals surface area contributed by atoms with Crippen molar-refractivity contribution < 1.29 is 18.3 Å². The second kappa shape index (κ2) is 5.72. The quantitative estimate of drug-likeness (QED) is 0.767. The number of carbonyl (C=O) groups is 1. The summed E-state index contributed by atoms with van der Waals surface area (Å²) in [5.41, 5.74) is 2.07. The van der Waals surface area contributed by atoms with E-state index in [1.807, 2.05) is 13.0 Å². The Balaban J connectivity index is 1.94. The van der Waals surface area contributed by atoms with Crippen molar-refractivity contribution in [1.29, 1.82) is 0 Å². The Bertz CT molecular complexity index is 903. The number of ether oxygens (including phenoxy) is 1. The molecule has 1 amide bonds. The zero-order valence-corrected chi connectivity index (χ0v) is 12.5. The van der Waals surface area contributed by atoms with Crippen molar-refractivity contribution in [2.24, 2.45) is 0 Å². The van der Waals surface area contributed by atoms with Crippen LogP contribution < -0.4 is 10.1 Å². The lowest BCUT2D eigenvalue weighted by Gasteiger charge is -2.05. The molecule has 118 valence electrons. The molecule has 0 atom stereocenters. The number of anilines is 1. The number of nitrogens with one attached hydrogen (secondary N) is 2. The molecule has 23 heavy (non-hydrogen) atoms. The van der Waals surface area contributed by atoms with Crippen LogP contribution in [0.2, 0.25) is 0 Å². The van der Waals surface area contributed by atoms with E-state index < -0.39 is 17.5 Å². The first-order valence-electron chi connectivity index (χ1n) is 6.92. The molecule has 1 heterocycles. The van der Waals surface area contributed by atoms with Gasteiger partial charge in [-0.25, -0.2) is 8.78 Å². The monoisotopic (exact) mass is 316 g/mol. The molecule has 0 saturated heterocycles. The molecule has 0 fully saturated rings. The summed E-state index contributed by atoms with van der Waals surface area (Å²) in [6.07, 6.45) is 0. The van der Waals surface area contributed by atoms with E-state index in [1.54, 1.807) is 19.2 Å². The van der Waals surface area contributed by atoms with Crippen molar-refractivity contribution in [1.82, 2.24) is 4.98 Å². The molecular weight excluding hydrogens is 302 g/mol. The highest BCUT2D eigenvalue weighted by atomic mass is 19.2. The maximum atomic E-state index is 13.2. The smallest absolute Gasteiger partial charge is 0.272 e. The number of amides is 1. The van der Waals surface area contributed by atoms with E-state index in [0.29, 0.717) is 11.4 Å². The van der Waals surface area contributed by atoms with Crippen LogP contribution in [-0.4, -0.2) is 18.0 Å². The van der Waals surface area contributed by atoms with Crippen molar-refractivity contribution in [3.63, 3.8) is 0 Å². The van der Waals surface area contributed by atoms with Gasteiger partial charge in [0.1, 0.15) is 11.4 Å². The standard InChI is InChI=1S/C17H14F2N2O2/c1-9-12-5-4-11(23-2)8-15(12)21-16(9)17(22)20-10-3-6-13(18)14(19)7-10/h3-8,21H,1-2H3,(H,20,22). The molecule has 1 aromatic heterocycles. The number of aryl methyl sites for hydroxylation is 1. The lowest BCUT2D eigenvalue weighted by Crippen LogP contribution is -2.13. The molecule has 4 nitrogen and oxygen atoms in total. The van der Waals surface area contributed by atoms with Gasteiger partial charge in [0.05, 0.1) is 7.11 Å². The molecule has 3 rings (SSSR count). The minimum atomic E-state index is -1.01. The summed E-state index contributed by atoms with van der Waals surface area (Å²) in [6.45, 7) is 1.81. The highest BCUT2D eigenvalue weighted by molar-refractivity contribution is 6.07. The minimum absolute atomic E-state index is 0.185. The van der Waals surface area contributed by atoms with Gasteiger partial charge in [-0.05, 0) is 36.8 Å². The first kappa shape index (κ1) is 15.0. The zero-order valence-electron chi connectivity index (χ0n) is 12.5. The Kier molecular flexibility index (Phi) is 3.73. The Hall–Kier alpha value is -2.89. The van der Waals surface area contributed by atoms with E-state index in [0.717, 1.165) is 28.6 Å². The van der Waals surface area contributed by atoms with Crippen LogP contribution in [-0.2, 0) is 0 Å². The molecule has 0 aliphatic carbocycles. The molecule has 2 N–H and O–H groups in total. The summed E-state index contributed by atoms with van der Waals surface area (Å²) in [7, 11) is 1.56. The van der Waals surface area contributed by atoms with E-state index in [4.69, 9.17) is 4.74 Å². The third-order valence-electron chi connectivity index (χ3n) is 3.67. The van der Waals surface area contributed by atoms with Gasteiger partial charge in [-0.3, -0.25) is 4.79 Å². The molecule has 0 radical (unpaired) electrons. The van der Waals surface area contributed by atoms with Crippen LogP contribution in [0.3, 0.4) is 0 Å². The molecule has 0 aliphatic rings. The average Bonchev–Trinajstić information content (AvgIpc) is 2.87. The fourth-order valence-corrected chi connectivity index (χ4v) is 2.44. The molecule has 0 saturated carbocycles. The van der Waals surface area contributed by atoms with Gasteiger partial charge in [0.15, 0.2) is 11.6 Å². The Morgan fingerprint density at radius 3 is 2.61 bits per heavy atom. The Morgan fingerprint density at radius 1 is 1.13 bits per heavy atom. The first-order valence-corrected chi connectivity index (χ1v) is 6.92. The van der Waals surface area contributed by atoms with Crippen LogP contribution in [0, 0.1) is 18.6 Å². The molecular formula is C17H14F2N2O2. The number of aromatic nitrogens is 1. The van der Waals surface area contributed by atoms with Crippen molar-refractivity contribution in [3.8, 4) is 5.75 Å². The number of carbonyl (C=O) groups excluding carboxylic acids is 1. The van der Waals surface area contributed by atoms with Gasteiger partial charge in [0, 0.05) is 28.7 Å². The highest BCUT2D eigenvalue weighted by Gasteiger charge is 2.16. The maximum Gasteiger partial charge on any atom is 0.272 e. The van der Waals surface area contributed by atoms with Crippen LogP contribution in [0.25, 0.3) is 10.9 Å². The number of benzene rings is 2. The van der Waals surface area contributed by atoms with Gasteiger partial charge in [0.25, 0.3) is 5.91 Å². The Morgan fingerprint density at radius 2 is 1.91 bits per heavy atom. The zero-order chi connectivity index (χ0) is 16.6. The third kappa shape index (κ3) is 2.75. The van der Waals surface area contributed by atoms with Crippen molar-refractivity contribution in [2.75, 3.05) is 12.4 Å².